The Labute approximate surface area is 122 Å². The largest absolute Gasteiger partial charge is 0.381 e. The molecule has 20 heavy (non-hydrogen) atoms. The zero-order valence-electron chi connectivity index (χ0n) is 12.7. The lowest BCUT2D eigenvalue weighted by molar-refractivity contribution is 0.0361. The van der Waals surface area contributed by atoms with Crippen LogP contribution in [-0.4, -0.2) is 63.7 Å². The predicted octanol–water partition coefficient (Wildman–Crippen LogP) is 0.639. The molecule has 0 bridgehead atoms. The molecule has 0 spiro atoms. The van der Waals surface area contributed by atoms with Crippen LogP contribution >= 0.6 is 0 Å². The molecule has 0 amide bonds. The molecule has 2 rings (SSSR count). The highest BCUT2D eigenvalue weighted by atomic mass is 32.2. The highest BCUT2D eigenvalue weighted by Gasteiger charge is 2.50. The molecule has 2 fully saturated rings. The van der Waals surface area contributed by atoms with E-state index >= 15 is 0 Å². The van der Waals surface area contributed by atoms with Crippen LogP contribution in [0.2, 0.25) is 0 Å². The minimum Gasteiger partial charge on any atom is -0.381 e. The normalized spacial score (nSPS) is 32.9. The van der Waals surface area contributed by atoms with Crippen molar-refractivity contribution in [2.75, 3.05) is 39.6 Å². The molecule has 2 N–H and O–H groups in total. The topological polar surface area (TPSA) is 72.6 Å². The Hall–Kier alpha value is -0.170. The van der Waals surface area contributed by atoms with Gasteiger partial charge in [-0.15, -0.1) is 0 Å². The molecular weight excluding hydrogens is 276 g/mol. The second kappa shape index (κ2) is 6.30. The third kappa shape index (κ3) is 3.18. The number of nitrogens with zero attached hydrogens (tertiary/aromatic N) is 1. The van der Waals surface area contributed by atoms with Crippen molar-refractivity contribution >= 4 is 9.84 Å². The van der Waals surface area contributed by atoms with E-state index in [1.807, 2.05) is 7.05 Å². The van der Waals surface area contributed by atoms with Crippen molar-refractivity contribution in [1.82, 2.24) is 4.90 Å². The van der Waals surface area contributed by atoms with E-state index in [1.54, 1.807) is 0 Å². The zero-order chi connectivity index (χ0) is 14.8. The Morgan fingerprint density at radius 1 is 1.30 bits per heavy atom. The maximum Gasteiger partial charge on any atom is 0.152 e. The van der Waals surface area contributed by atoms with Gasteiger partial charge < -0.3 is 10.5 Å². The van der Waals surface area contributed by atoms with Crippen LogP contribution in [0.1, 0.15) is 32.1 Å². The Morgan fingerprint density at radius 3 is 2.50 bits per heavy atom. The molecular formula is C14H28N2O3S. The Kier molecular flexibility index (Phi) is 5.10. The van der Waals surface area contributed by atoms with Crippen LogP contribution in [0.4, 0.5) is 0 Å². The molecule has 5 nitrogen and oxygen atoms in total. The molecule has 0 aromatic carbocycles. The van der Waals surface area contributed by atoms with Crippen molar-refractivity contribution in [1.29, 1.82) is 0 Å². The minimum absolute atomic E-state index is 0.315. The van der Waals surface area contributed by atoms with Crippen molar-refractivity contribution in [3.05, 3.63) is 0 Å². The smallest absolute Gasteiger partial charge is 0.152 e. The lowest BCUT2D eigenvalue weighted by Gasteiger charge is -2.44. The van der Waals surface area contributed by atoms with Crippen LogP contribution in [-0.2, 0) is 14.6 Å². The fourth-order valence-corrected chi connectivity index (χ4v) is 5.75. The van der Waals surface area contributed by atoms with Crippen molar-refractivity contribution < 1.29 is 13.2 Å². The van der Waals surface area contributed by atoms with Crippen LogP contribution in [0.5, 0.6) is 0 Å². The van der Waals surface area contributed by atoms with Crippen molar-refractivity contribution in [3.63, 3.8) is 0 Å². The molecule has 2 atom stereocenters. The van der Waals surface area contributed by atoms with E-state index in [1.165, 1.54) is 6.26 Å². The molecule has 118 valence electrons. The fraction of sp³-hybridized carbons (Fsp3) is 1.00. The lowest BCUT2D eigenvalue weighted by Crippen LogP contribution is -2.60. The molecule has 1 saturated carbocycles. The van der Waals surface area contributed by atoms with Gasteiger partial charge in [-0.25, -0.2) is 8.42 Å². The van der Waals surface area contributed by atoms with E-state index in [-0.39, 0.29) is 10.8 Å². The van der Waals surface area contributed by atoms with E-state index in [0.717, 1.165) is 51.9 Å². The third-order valence-electron chi connectivity index (χ3n) is 5.18. The first-order valence-electron chi connectivity index (χ1n) is 7.58. The quantitative estimate of drug-likeness (QED) is 0.807. The number of hydrogen-bond donors (Lipinski definition) is 1. The van der Waals surface area contributed by atoms with Gasteiger partial charge in [-0.2, -0.15) is 0 Å². The van der Waals surface area contributed by atoms with Gasteiger partial charge in [0.25, 0.3) is 0 Å². The maximum atomic E-state index is 12.1. The summed E-state index contributed by atoms with van der Waals surface area (Å²) in [5.41, 5.74) is 5.66. The van der Waals surface area contributed by atoms with E-state index in [2.05, 4.69) is 4.90 Å². The number of ether oxygens (including phenoxy) is 1. The monoisotopic (exact) mass is 304 g/mol. The van der Waals surface area contributed by atoms with E-state index in [9.17, 15) is 8.42 Å². The molecule has 1 aliphatic carbocycles. The average molecular weight is 304 g/mol. The van der Waals surface area contributed by atoms with Gasteiger partial charge >= 0.3 is 0 Å². The third-order valence-corrected chi connectivity index (χ3v) is 6.89. The molecule has 0 aromatic rings. The first-order valence-corrected chi connectivity index (χ1v) is 9.53. The van der Waals surface area contributed by atoms with Gasteiger partial charge in [-0.3, -0.25) is 4.90 Å². The number of hydrogen-bond acceptors (Lipinski definition) is 5. The summed E-state index contributed by atoms with van der Waals surface area (Å²) in [5.74, 6) is 0.595. The lowest BCUT2D eigenvalue weighted by atomic mass is 9.92. The van der Waals surface area contributed by atoms with Crippen molar-refractivity contribution in [3.8, 4) is 0 Å². The maximum absolute atomic E-state index is 12.1. The van der Waals surface area contributed by atoms with Gasteiger partial charge in [-0.1, -0.05) is 6.42 Å². The van der Waals surface area contributed by atoms with E-state index in [4.69, 9.17) is 10.5 Å². The summed E-state index contributed by atoms with van der Waals surface area (Å²) in [7, 11) is -1.01. The van der Waals surface area contributed by atoms with Crippen molar-refractivity contribution in [2.24, 2.45) is 11.7 Å². The molecule has 1 aliphatic heterocycles. The van der Waals surface area contributed by atoms with Crippen molar-refractivity contribution in [2.45, 2.75) is 42.9 Å². The molecule has 6 heteroatoms. The van der Waals surface area contributed by atoms with Gasteiger partial charge in [0, 0.05) is 38.1 Å². The summed E-state index contributed by atoms with van der Waals surface area (Å²) >= 11 is 0. The predicted molar refractivity (Wildman–Crippen MR) is 80.4 cm³/mol. The first kappa shape index (κ1) is 16.2. The van der Waals surface area contributed by atoms with E-state index < -0.39 is 9.84 Å². The zero-order valence-corrected chi connectivity index (χ0v) is 13.5. The van der Waals surface area contributed by atoms with Gasteiger partial charge in [-0.05, 0) is 38.6 Å². The Balaban J connectivity index is 2.12. The molecule has 0 aromatic heterocycles. The first-order chi connectivity index (χ1) is 9.40. The fourth-order valence-electron chi connectivity index (χ4n) is 3.96. The number of nitrogens with two attached hydrogens (primary N) is 1. The second-order valence-electron chi connectivity index (χ2n) is 6.45. The minimum atomic E-state index is -3.05. The Bertz CT molecular complexity index is 420. The average Bonchev–Trinajstić information content (AvgIpc) is 2.85. The van der Waals surface area contributed by atoms with Crippen LogP contribution in [0.3, 0.4) is 0 Å². The highest BCUT2D eigenvalue weighted by molar-refractivity contribution is 7.91. The van der Waals surface area contributed by atoms with Gasteiger partial charge in [0.2, 0.25) is 0 Å². The second-order valence-corrected chi connectivity index (χ2v) is 8.68. The number of sulfone groups is 1. The van der Waals surface area contributed by atoms with Crippen LogP contribution in [0.25, 0.3) is 0 Å². The SMILES string of the molecule is CN(CC1CCOCC1)C1(CN)CCCC1S(C)(=O)=O. The Morgan fingerprint density at radius 2 is 1.95 bits per heavy atom. The van der Waals surface area contributed by atoms with Crippen LogP contribution in [0.15, 0.2) is 0 Å². The number of rotatable bonds is 5. The molecule has 2 aliphatic rings. The molecule has 0 radical (unpaired) electrons. The van der Waals surface area contributed by atoms with Crippen LogP contribution < -0.4 is 5.73 Å². The summed E-state index contributed by atoms with van der Waals surface area (Å²) in [4.78, 5) is 2.24. The number of likely N-dealkylation sites (N-methyl/N-ethyl adjacent to an activating group) is 1. The van der Waals surface area contributed by atoms with E-state index in [0.29, 0.717) is 12.5 Å². The molecule has 1 saturated heterocycles. The molecule has 1 heterocycles. The summed E-state index contributed by atoms with van der Waals surface area (Å²) < 4.78 is 29.6. The van der Waals surface area contributed by atoms with Gasteiger partial charge in [0.15, 0.2) is 9.84 Å². The summed E-state index contributed by atoms with van der Waals surface area (Å²) in [6.07, 6.45) is 6.07. The summed E-state index contributed by atoms with van der Waals surface area (Å²) in [5, 5.41) is -0.315. The van der Waals surface area contributed by atoms with Gasteiger partial charge in [0.05, 0.1) is 5.25 Å². The van der Waals surface area contributed by atoms with Gasteiger partial charge in [0.1, 0.15) is 0 Å². The standard InChI is InChI=1S/C14H28N2O3S/c1-16(10-12-5-8-19-9-6-12)14(11-15)7-3-4-13(14)20(2,17)18/h12-13H,3-11,15H2,1-2H3. The summed E-state index contributed by atoms with van der Waals surface area (Å²) in [6.45, 7) is 2.99. The summed E-state index contributed by atoms with van der Waals surface area (Å²) in [6, 6.07) is 0. The van der Waals surface area contributed by atoms with Crippen LogP contribution in [0, 0.1) is 5.92 Å². The molecule has 2 unspecified atom stereocenters. The highest BCUT2D eigenvalue weighted by Crippen LogP contribution is 2.39.